The predicted octanol–water partition coefficient (Wildman–Crippen LogP) is 1.46. The number of hydrogen-bond donors (Lipinski definition) is 1. The summed E-state index contributed by atoms with van der Waals surface area (Å²) in [5.74, 6) is 2.36. The number of hydrogen-bond acceptors (Lipinski definition) is 4. The number of halogens is 1. The first-order chi connectivity index (χ1) is 11.0. The minimum atomic E-state index is -0.457. The molecule has 1 N–H and O–H groups in total. The number of amides is 2. The lowest BCUT2D eigenvalue weighted by atomic mass is 10.1. The molecule has 1 fully saturated rings. The van der Waals surface area contributed by atoms with Gasteiger partial charge in [-0.25, -0.2) is 0 Å². The Labute approximate surface area is 139 Å². The highest BCUT2D eigenvalue weighted by Gasteiger charge is 2.36. The van der Waals surface area contributed by atoms with Crippen LogP contribution in [0.2, 0.25) is 5.02 Å². The number of ether oxygens (including phenoxy) is 2. The average molecular weight is 337 g/mol. The molecule has 1 saturated heterocycles. The first kappa shape index (κ1) is 17.0. The van der Waals surface area contributed by atoms with Gasteiger partial charge < -0.3 is 19.7 Å². The molecular weight excluding hydrogens is 320 g/mol. The normalized spacial score (nSPS) is 16.9. The number of rotatable bonds is 5. The van der Waals surface area contributed by atoms with E-state index in [0.717, 1.165) is 0 Å². The second kappa shape index (κ2) is 7.25. The van der Waals surface area contributed by atoms with Crippen molar-refractivity contribution in [3.05, 3.63) is 17.2 Å². The number of nitrogens with one attached hydrogen (secondary N) is 1. The van der Waals surface area contributed by atoms with Crippen molar-refractivity contribution < 1.29 is 19.1 Å². The number of methoxy groups -OCH3 is 2. The lowest BCUT2D eigenvalue weighted by Crippen LogP contribution is -2.33. The van der Waals surface area contributed by atoms with Crippen LogP contribution in [0.5, 0.6) is 11.5 Å². The third kappa shape index (κ3) is 3.51. The Bertz CT molecular complexity index is 669. The van der Waals surface area contributed by atoms with E-state index in [0.29, 0.717) is 22.2 Å². The van der Waals surface area contributed by atoms with Crippen LogP contribution in [0, 0.1) is 18.3 Å². The highest BCUT2D eigenvalue weighted by atomic mass is 35.5. The Morgan fingerprint density at radius 2 is 2.13 bits per heavy atom. The maximum absolute atomic E-state index is 12.3. The lowest BCUT2D eigenvalue weighted by Gasteiger charge is -2.20. The van der Waals surface area contributed by atoms with Crippen LogP contribution in [-0.2, 0) is 9.59 Å². The monoisotopic (exact) mass is 336 g/mol. The second-order valence-electron chi connectivity index (χ2n) is 4.99. The van der Waals surface area contributed by atoms with Crippen molar-refractivity contribution in [1.29, 1.82) is 0 Å². The van der Waals surface area contributed by atoms with Crippen LogP contribution >= 0.6 is 11.6 Å². The molecule has 2 rings (SSSR count). The fraction of sp³-hybridized carbons (Fsp3) is 0.375. The van der Waals surface area contributed by atoms with Crippen LogP contribution in [0.25, 0.3) is 0 Å². The summed E-state index contributed by atoms with van der Waals surface area (Å²) in [5.41, 5.74) is 0.510. The molecule has 0 aliphatic carbocycles. The van der Waals surface area contributed by atoms with Gasteiger partial charge >= 0.3 is 0 Å². The van der Waals surface area contributed by atoms with Gasteiger partial charge in [-0.15, -0.1) is 6.42 Å². The van der Waals surface area contributed by atoms with E-state index in [1.807, 2.05) is 0 Å². The number of carbonyl (C=O) groups is 2. The van der Waals surface area contributed by atoms with E-state index < -0.39 is 5.92 Å². The van der Waals surface area contributed by atoms with Gasteiger partial charge in [-0.2, -0.15) is 0 Å². The molecule has 1 aliphatic rings. The van der Waals surface area contributed by atoms with Crippen LogP contribution in [-0.4, -0.2) is 39.1 Å². The molecule has 1 aromatic rings. The van der Waals surface area contributed by atoms with E-state index in [4.69, 9.17) is 27.5 Å². The third-order valence-corrected chi connectivity index (χ3v) is 3.90. The van der Waals surface area contributed by atoms with Gasteiger partial charge in [0.25, 0.3) is 0 Å². The summed E-state index contributed by atoms with van der Waals surface area (Å²) in [4.78, 5) is 25.7. The summed E-state index contributed by atoms with van der Waals surface area (Å²) in [6.07, 6.45) is 5.23. The van der Waals surface area contributed by atoms with Crippen LogP contribution in [0.4, 0.5) is 5.69 Å². The second-order valence-corrected chi connectivity index (χ2v) is 5.39. The van der Waals surface area contributed by atoms with E-state index in [1.165, 1.54) is 19.1 Å². The summed E-state index contributed by atoms with van der Waals surface area (Å²) < 4.78 is 10.4. The fourth-order valence-electron chi connectivity index (χ4n) is 2.45. The Balaban J connectivity index is 2.25. The lowest BCUT2D eigenvalue weighted by molar-refractivity contribution is -0.126. The van der Waals surface area contributed by atoms with Crippen LogP contribution in [0.15, 0.2) is 12.1 Å². The zero-order valence-corrected chi connectivity index (χ0v) is 13.6. The van der Waals surface area contributed by atoms with Crippen molar-refractivity contribution >= 4 is 29.1 Å². The zero-order chi connectivity index (χ0) is 17.0. The molecule has 0 spiro atoms. The summed E-state index contributed by atoms with van der Waals surface area (Å²) in [5, 5.41) is 2.95. The number of terminal acetylenes is 1. The number of carbonyl (C=O) groups excluding carboxylic acids is 2. The Kier molecular flexibility index (Phi) is 5.35. The van der Waals surface area contributed by atoms with Gasteiger partial charge in [0.05, 0.1) is 37.4 Å². The van der Waals surface area contributed by atoms with Crippen LogP contribution < -0.4 is 19.7 Å². The van der Waals surface area contributed by atoms with Crippen molar-refractivity contribution in [2.75, 3.05) is 32.2 Å². The van der Waals surface area contributed by atoms with Gasteiger partial charge in [-0.05, 0) is 6.07 Å². The van der Waals surface area contributed by atoms with Gasteiger partial charge in [0.1, 0.15) is 11.5 Å². The SMILES string of the molecule is C#CCNC(=O)C1CC(=O)N(c2cc(Cl)c(OC)cc2OC)C1. The molecule has 0 radical (unpaired) electrons. The molecule has 7 heteroatoms. The van der Waals surface area contributed by atoms with E-state index in [9.17, 15) is 9.59 Å². The standard InChI is InChI=1S/C16H17ClN2O4/c1-4-5-18-16(21)10-6-15(20)19(9-10)12-7-11(17)13(22-2)8-14(12)23-3/h1,7-8,10H,5-6,9H2,2-3H3,(H,18,21). The Hall–Kier alpha value is -2.39. The Morgan fingerprint density at radius 3 is 2.74 bits per heavy atom. The van der Waals surface area contributed by atoms with Crippen molar-refractivity contribution in [2.24, 2.45) is 5.92 Å². The Morgan fingerprint density at radius 1 is 1.43 bits per heavy atom. The fourth-order valence-corrected chi connectivity index (χ4v) is 2.69. The highest BCUT2D eigenvalue weighted by molar-refractivity contribution is 6.32. The smallest absolute Gasteiger partial charge is 0.227 e. The molecule has 122 valence electrons. The van der Waals surface area contributed by atoms with E-state index in [1.54, 1.807) is 12.1 Å². The molecular formula is C16H17ClN2O4. The van der Waals surface area contributed by atoms with Crippen molar-refractivity contribution in [3.8, 4) is 23.8 Å². The topological polar surface area (TPSA) is 67.9 Å². The molecule has 1 heterocycles. The number of benzene rings is 1. The summed E-state index contributed by atoms with van der Waals surface area (Å²) in [7, 11) is 2.98. The quantitative estimate of drug-likeness (QED) is 0.827. The summed E-state index contributed by atoms with van der Waals surface area (Å²) in [6, 6.07) is 3.20. The first-order valence-electron chi connectivity index (χ1n) is 6.94. The van der Waals surface area contributed by atoms with Crippen molar-refractivity contribution in [3.63, 3.8) is 0 Å². The highest BCUT2D eigenvalue weighted by Crippen LogP contribution is 2.40. The first-order valence-corrected chi connectivity index (χ1v) is 7.32. The molecule has 1 atom stereocenters. The maximum atomic E-state index is 12.3. The molecule has 23 heavy (non-hydrogen) atoms. The van der Waals surface area contributed by atoms with E-state index in [-0.39, 0.29) is 31.3 Å². The number of nitrogens with zero attached hydrogens (tertiary/aromatic N) is 1. The minimum absolute atomic E-state index is 0.114. The summed E-state index contributed by atoms with van der Waals surface area (Å²) in [6.45, 7) is 0.384. The van der Waals surface area contributed by atoms with Crippen molar-refractivity contribution in [1.82, 2.24) is 5.32 Å². The molecule has 0 bridgehead atoms. The van der Waals surface area contributed by atoms with Gasteiger partial charge in [0.2, 0.25) is 11.8 Å². The van der Waals surface area contributed by atoms with Crippen LogP contribution in [0.1, 0.15) is 6.42 Å². The minimum Gasteiger partial charge on any atom is -0.495 e. The third-order valence-electron chi connectivity index (χ3n) is 3.60. The molecule has 2 amide bonds. The molecule has 0 aromatic heterocycles. The van der Waals surface area contributed by atoms with Gasteiger partial charge in [0, 0.05) is 19.0 Å². The van der Waals surface area contributed by atoms with Gasteiger partial charge in [-0.1, -0.05) is 17.5 Å². The molecule has 1 aromatic carbocycles. The van der Waals surface area contributed by atoms with Crippen LogP contribution in [0.3, 0.4) is 0 Å². The number of anilines is 1. The molecule has 1 unspecified atom stereocenters. The molecule has 6 nitrogen and oxygen atoms in total. The van der Waals surface area contributed by atoms with E-state index in [2.05, 4.69) is 11.2 Å². The zero-order valence-electron chi connectivity index (χ0n) is 12.9. The molecule has 1 aliphatic heterocycles. The average Bonchev–Trinajstić information content (AvgIpc) is 2.94. The maximum Gasteiger partial charge on any atom is 0.227 e. The van der Waals surface area contributed by atoms with Gasteiger partial charge in [-0.3, -0.25) is 9.59 Å². The van der Waals surface area contributed by atoms with Gasteiger partial charge in [0.15, 0.2) is 0 Å². The largest absolute Gasteiger partial charge is 0.495 e. The van der Waals surface area contributed by atoms with Crippen molar-refractivity contribution in [2.45, 2.75) is 6.42 Å². The summed E-state index contributed by atoms with van der Waals surface area (Å²) >= 11 is 6.13. The molecule has 0 saturated carbocycles. The predicted molar refractivity (Wildman–Crippen MR) is 86.9 cm³/mol. The van der Waals surface area contributed by atoms with E-state index >= 15 is 0 Å².